The van der Waals surface area contributed by atoms with Crippen molar-refractivity contribution in [3.05, 3.63) is 36.2 Å². The second kappa shape index (κ2) is 3.39. The third-order valence-corrected chi connectivity index (χ3v) is 2.11. The minimum atomic E-state index is 0.815. The fourth-order valence-electron chi connectivity index (χ4n) is 1.37. The van der Waals surface area contributed by atoms with Gasteiger partial charge in [-0.05, 0) is 30.6 Å². The summed E-state index contributed by atoms with van der Waals surface area (Å²) in [6.45, 7) is 0. The van der Waals surface area contributed by atoms with E-state index in [9.17, 15) is 4.79 Å². The van der Waals surface area contributed by atoms with Gasteiger partial charge in [-0.2, -0.15) is 5.10 Å². The largest absolute Gasteiger partial charge is 0.298 e. The van der Waals surface area contributed by atoms with Crippen molar-refractivity contribution in [1.82, 2.24) is 9.78 Å². The molecule has 0 aromatic carbocycles. The van der Waals surface area contributed by atoms with Crippen LogP contribution in [0.1, 0.15) is 12.8 Å². The van der Waals surface area contributed by atoms with E-state index in [0.29, 0.717) is 0 Å². The van der Waals surface area contributed by atoms with Crippen LogP contribution in [-0.2, 0) is 4.79 Å². The Morgan fingerprint density at radius 3 is 2.85 bits per heavy atom. The van der Waals surface area contributed by atoms with E-state index in [2.05, 4.69) is 5.10 Å². The normalized spacial score (nSPS) is 16.3. The summed E-state index contributed by atoms with van der Waals surface area (Å²) in [5.41, 5.74) is 1.99. The first-order chi connectivity index (χ1) is 6.40. The first-order valence-corrected chi connectivity index (χ1v) is 4.25. The molecule has 1 aromatic heterocycles. The third-order valence-electron chi connectivity index (χ3n) is 2.11. The summed E-state index contributed by atoms with van der Waals surface area (Å²) in [4.78, 5) is 10.4. The lowest BCUT2D eigenvalue weighted by molar-refractivity contribution is -0.105. The third kappa shape index (κ3) is 1.59. The van der Waals surface area contributed by atoms with Crippen LogP contribution in [0.2, 0.25) is 0 Å². The molecule has 0 aliphatic heterocycles. The number of allylic oxidation sites excluding steroid dienone is 4. The molecular weight excluding hydrogens is 164 g/mol. The molecule has 0 fully saturated rings. The van der Waals surface area contributed by atoms with E-state index < -0.39 is 0 Å². The van der Waals surface area contributed by atoms with Crippen molar-refractivity contribution in [2.45, 2.75) is 12.8 Å². The summed E-state index contributed by atoms with van der Waals surface area (Å²) >= 11 is 0. The predicted molar refractivity (Wildman–Crippen MR) is 49.9 cm³/mol. The fourth-order valence-corrected chi connectivity index (χ4v) is 1.37. The van der Waals surface area contributed by atoms with Crippen molar-refractivity contribution in [3.63, 3.8) is 0 Å². The highest BCUT2D eigenvalue weighted by Gasteiger charge is 2.06. The molecule has 3 nitrogen and oxygen atoms in total. The van der Waals surface area contributed by atoms with Gasteiger partial charge in [-0.1, -0.05) is 6.08 Å². The highest BCUT2D eigenvalue weighted by molar-refractivity contribution is 5.76. The summed E-state index contributed by atoms with van der Waals surface area (Å²) in [5.74, 6) is 0. The molecule has 1 aromatic rings. The van der Waals surface area contributed by atoms with Crippen molar-refractivity contribution >= 4 is 12.0 Å². The zero-order chi connectivity index (χ0) is 9.10. The van der Waals surface area contributed by atoms with Crippen molar-refractivity contribution in [2.24, 2.45) is 0 Å². The number of hydrogen-bond acceptors (Lipinski definition) is 2. The number of carbonyl (C=O) groups is 1. The van der Waals surface area contributed by atoms with E-state index >= 15 is 0 Å². The smallest absolute Gasteiger partial charge is 0.146 e. The van der Waals surface area contributed by atoms with Gasteiger partial charge in [-0.25, -0.2) is 4.68 Å². The van der Waals surface area contributed by atoms with Gasteiger partial charge < -0.3 is 0 Å². The van der Waals surface area contributed by atoms with Gasteiger partial charge in [0.05, 0.1) is 0 Å². The Balaban J connectivity index is 2.24. The minimum absolute atomic E-state index is 0.815. The number of hydrogen-bond donors (Lipinski definition) is 0. The van der Waals surface area contributed by atoms with Crippen LogP contribution in [0, 0.1) is 0 Å². The Hall–Kier alpha value is -1.64. The lowest BCUT2D eigenvalue weighted by Crippen LogP contribution is -2.01. The van der Waals surface area contributed by atoms with Crippen molar-refractivity contribution in [1.29, 1.82) is 0 Å². The number of aromatic nitrogens is 2. The molecule has 0 saturated heterocycles. The quantitative estimate of drug-likeness (QED) is 0.639. The highest BCUT2D eigenvalue weighted by atomic mass is 16.1. The van der Waals surface area contributed by atoms with Crippen molar-refractivity contribution in [3.8, 4) is 0 Å². The molecule has 1 aliphatic carbocycles. The van der Waals surface area contributed by atoms with E-state index in [1.165, 1.54) is 0 Å². The summed E-state index contributed by atoms with van der Waals surface area (Å²) in [6, 6.07) is 1.89. The fraction of sp³-hybridized carbons (Fsp3) is 0.200. The molecule has 0 N–H and O–H groups in total. The Morgan fingerprint density at radius 1 is 1.38 bits per heavy atom. The molecule has 0 unspecified atom stereocenters. The van der Waals surface area contributed by atoms with Gasteiger partial charge in [0.25, 0.3) is 0 Å². The van der Waals surface area contributed by atoms with E-state index in [4.69, 9.17) is 0 Å². The van der Waals surface area contributed by atoms with Crippen LogP contribution in [0.15, 0.2) is 36.2 Å². The van der Waals surface area contributed by atoms with Crippen LogP contribution in [0.25, 0.3) is 5.70 Å². The van der Waals surface area contributed by atoms with Crippen LogP contribution in [-0.4, -0.2) is 16.1 Å². The molecule has 0 radical (unpaired) electrons. The Bertz CT molecular complexity index is 360. The summed E-state index contributed by atoms with van der Waals surface area (Å²) in [5, 5.41) is 4.12. The highest BCUT2D eigenvalue weighted by Crippen LogP contribution is 2.19. The molecule has 1 aliphatic rings. The molecule has 0 amide bonds. The van der Waals surface area contributed by atoms with Gasteiger partial charge in [0.15, 0.2) is 0 Å². The van der Waals surface area contributed by atoms with E-state index in [-0.39, 0.29) is 0 Å². The number of nitrogens with zero attached hydrogens (tertiary/aromatic N) is 2. The van der Waals surface area contributed by atoms with Crippen LogP contribution >= 0.6 is 0 Å². The van der Waals surface area contributed by atoms with Gasteiger partial charge in [-0.3, -0.25) is 4.79 Å². The maximum Gasteiger partial charge on any atom is 0.146 e. The summed E-state index contributed by atoms with van der Waals surface area (Å²) in [6.07, 6.45) is 10.1. The Kier molecular flexibility index (Phi) is 2.08. The standard InChI is InChI=1S/C10H10N2O/c13-8-9-2-4-10(5-3-9)12-7-1-6-11-12/h1-2,4,6-8H,3,5H2. The Labute approximate surface area is 76.4 Å². The topological polar surface area (TPSA) is 34.9 Å². The summed E-state index contributed by atoms with van der Waals surface area (Å²) in [7, 11) is 0. The van der Waals surface area contributed by atoms with Crippen LogP contribution in [0.4, 0.5) is 0 Å². The number of aldehydes is 1. The predicted octanol–water partition coefficient (Wildman–Crippen LogP) is 1.64. The molecule has 0 saturated carbocycles. The van der Waals surface area contributed by atoms with Gasteiger partial charge in [-0.15, -0.1) is 0 Å². The maximum atomic E-state index is 10.4. The molecule has 0 bridgehead atoms. The SMILES string of the molecule is O=CC1=CC=C(n2cccn2)CC1. The summed E-state index contributed by atoms with van der Waals surface area (Å²) < 4.78 is 1.83. The van der Waals surface area contributed by atoms with Crippen LogP contribution in [0.3, 0.4) is 0 Å². The minimum Gasteiger partial charge on any atom is -0.298 e. The molecule has 66 valence electrons. The lowest BCUT2D eigenvalue weighted by Gasteiger charge is -2.10. The number of rotatable bonds is 2. The second-order valence-corrected chi connectivity index (χ2v) is 2.97. The molecular formula is C10H10N2O. The first-order valence-electron chi connectivity index (χ1n) is 4.25. The van der Waals surface area contributed by atoms with Crippen LogP contribution < -0.4 is 0 Å². The van der Waals surface area contributed by atoms with E-state index in [1.54, 1.807) is 6.20 Å². The van der Waals surface area contributed by atoms with Gasteiger partial charge in [0, 0.05) is 18.1 Å². The monoisotopic (exact) mass is 174 g/mol. The van der Waals surface area contributed by atoms with Gasteiger partial charge in [0.1, 0.15) is 6.29 Å². The average molecular weight is 174 g/mol. The molecule has 13 heavy (non-hydrogen) atoms. The molecule has 1 heterocycles. The van der Waals surface area contributed by atoms with Gasteiger partial charge in [0.2, 0.25) is 0 Å². The van der Waals surface area contributed by atoms with Crippen molar-refractivity contribution < 1.29 is 4.79 Å². The first kappa shape index (κ1) is 7.98. The maximum absolute atomic E-state index is 10.4. The van der Waals surface area contributed by atoms with E-state index in [1.807, 2.05) is 29.1 Å². The molecule has 2 rings (SSSR count). The second-order valence-electron chi connectivity index (χ2n) is 2.97. The lowest BCUT2D eigenvalue weighted by atomic mass is 10.0. The van der Waals surface area contributed by atoms with E-state index in [0.717, 1.165) is 30.4 Å². The molecule has 0 atom stereocenters. The number of carbonyl (C=O) groups excluding carboxylic acids is 1. The van der Waals surface area contributed by atoms with Crippen molar-refractivity contribution in [2.75, 3.05) is 0 Å². The molecule has 0 spiro atoms. The molecule has 3 heteroatoms. The van der Waals surface area contributed by atoms with Gasteiger partial charge >= 0.3 is 0 Å². The Morgan fingerprint density at radius 2 is 2.31 bits per heavy atom. The van der Waals surface area contributed by atoms with Crippen LogP contribution in [0.5, 0.6) is 0 Å². The zero-order valence-corrected chi connectivity index (χ0v) is 7.18. The average Bonchev–Trinajstić information content (AvgIpc) is 2.71. The zero-order valence-electron chi connectivity index (χ0n) is 7.18.